The molecule has 0 fully saturated rings. The van der Waals surface area contributed by atoms with Gasteiger partial charge in [0.15, 0.2) is 5.79 Å². The van der Waals surface area contributed by atoms with Crippen molar-refractivity contribution < 1.29 is 9.47 Å². The van der Waals surface area contributed by atoms with Gasteiger partial charge in [-0.25, -0.2) is 0 Å². The molecule has 0 atom stereocenters. The minimum Gasteiger partial charge on any atom is -0.353 e. The van der Waals surface area contributed by atoms with E-state index in [2.05, 4.69) is 13.8 Å². The Hall–Kier alpha value is -0.0800. The Labute approximate surface area is 83.6 Å². The van der Waals surface area contributed by atoms with E-state index in [0.717, 1.165) is 25.7 Å². The Balaban J connectivity index is 0. The third kappa shape index (κ3) is 6.05. The van der Waals surface area contributed by atoms with Crippen molar-refractivity contribution in [3.05, 3.63) is 0 Å². The van der Waals surface area contributed by atoms with E-state index in [1.54, 1.807) is 14.2 Å². The molecular weight excluding hydrogens is 164 g/mol. The quantitative estimate of drug-likeness (QED) is 0.596. The first-order valence-corrected chi connectivity index (χ1v) is 5.35. The molecule has 0 aliphatic heterocycles. The molecule has 0 N–H and O–H groups in total. The van der Waals surface area contributed by atoms with Crippen LogP contribution in [0.3, 0.4) is 0 Å². The van der Waals surface area contributed by atoms with Crippen LogP contribution < -0.4 is 0 Å². The molecule has 0 radical (unpaired) electrons. The smallest absolute Gasteiger partial charge is 0.167 e. The molecule has 0 saturated heterocycles. The van der Waals surface area contributed by atoms with Gasteiger partial charge in [-0.3, -0.25) is 0 Å². The summed E-state index contributed by atoms with van der Waals surface area (Å²) < 4.78 is 10.7. The summed E-state index contributed by atoms with van der Waals surface area (Å²) in [4.78, 5) is 0. The average Bonchev–Trinajstić information content (AvgIpc) is 2.20. The van der Waals surface area contributed by atoms with Crippen LogP contribution in [-0.4, -0.2) is 20.0 Å². The topological polar surface area (TPSA) is 18.5 Å². The summed E-state index contributed by atoms with van der Waals surface area (Å²) >= 11 is 0. The Morgan fingerprint density at radius 3 is 1.31 bits per heavy atom. The first-order valence-electron chi connectivity index (χ1n) is 5.35. The van der Waals surface area contributed by atoms with Crippen molar-refractivity contribution in [1.82, 2.24) is 0 Å². The van der Waals surface area contributed by atoms with Crippen molar-refractivity contribution in [3.63, 3.8) is 0 Å². The maximum atomic E-state index is 5.35. The highest BCUT2D eigenvalue weighted by atomic mass is 16.7. The second-order valence-corrected chi connectivity index (χ2v) is 2.82. The van der Waals surface area contributed by atoms with Crippen LogP contribution in [0.5, 0.6) is 0 Å². The van der Waals surface area contributed by atoms with E-state index in [1.807, 2.05) is 13.8 Å². The van der Waals surface area contributed by atoms with Crippen LogP contribution >= 0.6 is 0 Å². The van der Waals surface area contributed by atoms with Gasteiger partial charge >= 0.3 is 0 Å². The van der Waals surface area contributed by atoms with Crippen LogP contribution in [0, 0.1) is 0 Å². The minimum absolute atomic E-state index is 0.316. The van der Waals surface area contributed by atoms with Gasteiger partial charge in [0.25, 0.3) is 0 Å². The summed E-state index contributed by atoms with van der Waals surface area (Å²) in [6.07, 6.45) is 4.16. The molecule has 82 valence electrons. The lowest BCUT2D eigenvalue weighted by molar-refractivity contribution is -0.215. The number of methoxy groups -OCH3 is 2. The summed E-state index contributed by atoms with van der Waals surface area (Å²) in [6.45, 7) is 8.28. The van der Waals surface area contributed by atoms with Crippen molar-refractivity contribution in [3.8, 4) is 0 Å². The van der Waals surface area contributed by atoms with Gasteiger partial charge in [-0.15, -0.1) is 0 Å². The molecule has 0 aromatic rings. The second-order valence-electron chi connectivity index (χ2n) is 2.82. The number of hydrogen-bond acceptors (Lipinski definition) is 2. The van der Waals surface area contributed by atoms with E-state index in [4.69, 9.17) is 9.47 Å². The van der Waals surface area contributed by atoms with E-state index in [9.17, 15) is 0 Å². The fraction of sp³-hybridized carbons (Fsp3) is 1.00. The maximum Gasteiger partial charge on any atom is 0.167 e. The second kappa shape index (κ2) is 10.0. The zero-order chi connectivity index (χ0) is 10.7. The molecule has 0 spiro atoms. The van der Waals surface area contributed by atoms with Crippen molar-refractivity contribution in [2.24, 2.45) is 0 Å². The Bertz CT molecular complexity index is 80.1. The predicted molar refractivity (Wildman–Crippen MR) is 57.9 cm³/mol. The lowest BCUT2D eigenvalue weighted by Crippen LogP contribution is -2.33. The Morgan fingerprint density at radius 2 is 1.15 bits per heavy atom. The molecule has 2 heteroatoms. The van der Waals surface area contributed by atoms with Crippen LogP contribution in [0.15, 0.2) is 0 Å². The summed E-state index contributed by atoms with van der Waals surface area (Å²) in [5.41, 5.74) is 0. The van der Waals surface area contributed by atoms with Gasteiger partial charge in [0.2, 0.25) is 0 Å². The predicted octanol–water partition coefficient (Wildman–Crippen LogP) is 3.60. The molecule has 0 aliphatic carbocycles. The summed E-state index contributed by atoms with van der Waals surface area (Å²) in [5, 5.41) is 0. The van der Waals surface area contributed by atoms with Gasteiger partial charge in [0.1, 0.15) is 0 Å². The summed E-state index contributed by atoms with van der Waals surface area (Å²) in [5.74, 6) is -0.316. The Kier molecular flexibility index (Phi) is 11.8. The maximum absolute atomic E-state index is 5.35. The third-order valence-electron chi connectivity index (χ3n) is 2.01. The third-order valence-corrected chi connectivity index (χ3v) is 2.01. The van der Waals surface area contributed by atoms with E-state index in [0.29, 0.717) is 0 Å². The molecule has 13 heavy (non-hydrogen) atoms. The van der Waals surface area contributed by atoms with Gasteiger partial charge < -0.3 is 9.47 Å². The van der Waals surface area contributed by atoms with Crippen LogP contribution in [0.1, 0.15) is 53.4 Å². The average molecular weight is 190 g/mol. The Morgan fingerprint density at radius 1 is 0.846 bits per heavy atom. The monoisotopic (exact) mass is 190 g/mol. The number of rotatable bonds is 6. The van der Waals surface area contributed by atoms with Gasteiger partial charge in [-0.2, -0.15) is 0 Å². The number of hydrogen-bond donors (Lipinski definition) is 0. The van der Waals surface area contributed by atoms with Crippen molar-refractivity contribution >= 4 is 0 Å². The number of ether oxygens (including phenoxy) is 2. The zero-order valence-electron chi connectivity index (χ0n) is 10.1. The van der Waals surface area contributed by atoms with E-state index in [1.165, 1.54) is 0 Å². The van der Waals surface area contributed by atoms with Crippen LogP contribution in [0.25, 0.3) is 0 Å². The van der Waals surface area contributed by atoms with Gasteiger partial charge in [0, 0.05) is 27.1 Å². The van der Waals surface area contributed by atoms with Gasteiger partial charge in [-0.05, 0) is 0 Å². The van der Waals surface area contributed by atoms with Gasteiger partial charge in [-0.1, -0.05) is 40.5 Å². The standard InChI is InChI=1S/C9H20O2.C2H6/c1-5-7-9(10-3,11-4)8-6-2;1-2/h5-8H2,1-4H3;1-2H3. The highest BCUT2D eigenvalue weighted by molar-refractivity contribution is 4.67. The highest BCUT2D eigenvalue weighted by Gasteiger charge is 2.26. The van der Waals surface area contributed by atoms with Crippen LogP contribution in [-0.2, 0) is 9.47 Å². The van der Waals surface area contributed by atoms with E-state index in [-0.39, 0.29) is 5.79 Å². The summed E-state index contributed by atoms with van der Waals surface area (Å²) in [6, 6.07) is 0. The van der Waals surface area contributed by atoms with Crippen LogP contribution in [0.2, 0.25) is 0 Å². The molecule has 0 aromatic carbocycles. The lowest BCUT2D eigenvalue weighted by atomic mass is 10.1. The van der Waals surface area contributed by atoms with Crippen molar-refractivity contribution in [2.75, 3.05) is 14.2 Å². The molecule has 0 unspecified atom stereocenters. The molecule has 0 saturated carbocycles. The molecule has 0 bridgehead atoms. The largest absolute Gasteiger partial charge is 0.353 e. The minimum atomic E-state index is -0.316. The zero-order valence-corrected chi connectivity index (χ0v) is 10.1. The molecule has 0 rings (SSSR count). The van der Waals surface area contributed by atoms with E-state index >= 15 is 0 Å². The molecule has 0 aromatic heterocycles. The van der Waals surface area contributed by atoms with Crippen molar-refractivity contribution in [1.29, 1.82) is 0 Å². The normalized spacial score (nSPS) is 10.6. The SMILES string of the molecule is CC.CCCC(CCC)(OC)OC. The summed E-state index contributed by atoms with van der Waals surface area (Å²) in [7, 11) is 3.43. The first kappa shape index (κ1) is 15.4. The van der Waals surface area contributed by atoms with E-state index < -0.39 is 0 Å². The molecular formula is C11H26O2. The fourth-order valence-electron chi connectivity index (χ4n) is 1.38. The lowest BCUT2D eigenvalue weighted by Gasteiger charge is -2.30. The molecule has 2 nitrogen and oxygen atoms in total. The molecule has 0 heterocycles. The van der Waals surface area contributed by atoms with Crippen molar-refractivity contribution in [2.45, 2.75) is 59.2 Å². The fourth-order valence-corrected chi connectivity index (χ4v) is 1.38. The highest BCUT2D eigenvalue weighted by Crippen LogP contribution is 2.23. The van der Waals surface area contributed by atoms with Gasteiger partial charge in [0.05, 0.1) is 0 Å². The molecule has 0 aliphatic rings. The first-order chi connectivity index (χ1) is 6.24. The van der Waals surface area contributed by atoms with Crippen LogP contribution in [0.4, 0.5) is 0 Å². The molecule has 0 amide bonds.